The quantitative estimate of drug-likeness (QED) is 0.835. The van der Waals surface area contributed by atoms with Gasteiger partial charge in [-0.05, 0) is 24.1 Å². The normalized spacial score (nSPS) is 10.5. The fourth-order valence-corrected chi connectivity index (χ4v) is 1.69. The average Bonchev–Trinajstić information content (AvgIpc) is 2.73. The van der Waals surface area contributed by atoms with Crippen LogP contribution >= 0.6 is 0 Å². The van der Waals surface area contributed by atoms with Gasteiger partial charge in [-0.1, -0.05) is 0 Å². The van der Waals surface area contributed by atoms with Gasteiger partial charge in [0, 0.05) is 12.6 Å². The van der Waals surface area contributed by atoms with Gasteiger partial charge in [-0.25, -0.2) is 18.4 Å². The first-order chi connectivity index (χ1) is 9.52. The molecule has 0 fully saturated rings. The van der Waals surface area contributed by atoms with Gasteiger partial charge < -0.3 is 11.1 Å². The molecular formula is C12H13F2N5O. The van der Waals surface area contributed by atoms with Crippen molar-refractivity contribution in [1.29, 1.82) is 0 Å². The van der Waals surface area contributed by atoms with Crippen LogP contribution in [0, 0.1) is 11.6 Å². The summed E-state index contributed by atoms with van der Waals surface area (Å²) in [7, 11) is 0. The van der Waals surface area contributed by atoms with E-state index in [0.717, 1.165) is 6.07 Å². The zero-order chi connectivity index (χ0) is 14.5. The van der Waals surface area contributed by atoms with E-state index in [1.54, 1.807) is 0 Å². The molecule has 6 nitrogen and oxygen atoms in total. The minimum Gasteiger partial charge on any atom is -0.367 e. The largest absolute Gasteiger partial charge is 0.367 e. The van der Waals surface area contributed by atoms with Crippen LogP contribution in [0.2, 0.25) is 0 Å². The van der Waals surface area contributed by atoms with Gasteiger partial charge in [-0.2, -0.15) is 0 Å². The summed E-state index contributed by atoms with van der Waals surface area (Å²) in [5.74, 6) is -1.46. The monoisotopic (exact) mass is 281 g/mol. The highest BCUT2D eigenvalue weighted by Gasteiger charge is 2.05. The van der Waals surface area contributed by atoms with E-state index in [1.807, 2.05) is 0 Å². The van der Waals surface area contributed by atoms with Crippen molar-refractivity contribution in [3.05, 3.63) is 41.7 Å². The zero-order valence-corrected chi connectivity index (χ0v) is 10.5. The van der Waals surface area contributed by atoms with Crippen LogP contribution < -0.4 is 11.1 Å². The molecule has 106 valence electrons. The van der Waals surface area contributed by atoms with E-state index in [1.165, 1.54) is 23.1 Å². The molecule has 1 heterocycles. The minimum atomic E-state index is -0.635. The maximum atomic E-state index is 12.9. The Balaban J connectivity index is 1.79. The molecule has 0 saturated carbocycles. The number of nitrogens with two attached hydrogens (primary N) is 1. The van der Waals surface area contributed by atoms with Gasteiger partial charge in [0.25, 0.3) is 0 Å². The fraction of sp³-hybridized carbons (Fsp3) is 0.250. The molecule has 0 aliphatic carbocycles. The molecule has 8 heteroatoms. The third-order valence-corrected chi connectivity index (χ3v) is 2.52. The van der Waals surface area contributed by atoms with E-state index in [2.05, 4.69) is 15.4 Å². The van der Waals surface area contributed by atoms with Crippen molar-refractivity contribution in [2.24, 2.45) is 0 Å². The Labute approximate surface area is 113 Å². The Morgan fingerprint density at radius 1 is 1.30 bits per heavy atom. The second-order valence-corrected chi connectivity index (χ2v) is 4.18. The molecular weight excluding hydrogens is 268 g/mol. The predicted molar refractivity (Wildman–Crippen MR) is 67.5 cm³/mol. The predicted octanol–water partition coefficient (Wildman–Crippen LogP) is 0.497. The minimum absolute atomic E-state index is 0.0122. The number of nitrogens with zero attached hydrogens (tertiary/aromatic N) is 3. The van der Waals surface area contributed by atoms with Crippen molar-refractivity contribution in [1.82, 2.24) is 20.1 Å². The Hall–Kier alpha value is -2.51. The third kappa shape index (κ3) is 4.01. The number of carbonyl (C=O) groups excluding carboxylic acids is 1. The number of anilines is 1. The van der Waals surface area contributed by atoms with Gasteiger partial charge >= 0.3 is 0 Å². The molecule has 0 spiro atoms. The topological polar surface area (TPSA) is 85.8 Å². The van der Waals surface area contributed by atoms with Crippen molar-refractivity contribution < 1.29 is 13.6 Å². The number of carbonyl (C=O) groups is 1. The standard InChI is InChI=1S/C12H13F2N5O/c13-9-3-8(4-10(14)5-9)1-2-16-11(20)6-19-7-17-12(15)18-19/h3-5,7H,1-2,6H2,(H2,15,18)(H,16,20). The number of rotatable bonds is 5. The SMILES string of the molecule is Nc1ncn(CC(=O)NCCc2cc(F)cc(F)c2)n1. The summed E-state index contributed by atoms with van der Waals surface area (Å²) >= 11 is 0. The molecule has 0 radical (unpaired) electrons. The van der Waals surface area contributed by atoms with Crippen LogP contribution in [0.3, 0.4) is 0 Å². The molecule has 2 rings (SSSR count). The smallest absolute Gasteiger partial charge is 0.241 e. The van der Waals surface area contributed by atoms with Crippen molar-refractivity contribution >= 4 is 11.9 Å². The molecule has 2 aromatic rings. The fourth-order valence-electron chi connectivity index (χ4n) is 1.69. The first-order valence-electron chi connectivity index (χ1n) is 5.89. The molecule has 1 aromatic heterocycles. The Morgan fingerprint density at radius 3 is 2.60 bits per heavy atom. The number of nitrogens with one attached hydrogen (secondary N) is 1. The highest BCUT2D eigenvalue weighted by molar-refractivity contribution is 5.75. The van der Waals surface area contributed by atoms with Crippen molar-refractivity contribution in [2.75, 3.05) is 12.3 Å². The molecule has 0 unspecified atom stereocenters. The van der Waals surface area contributed by atoms with Gasteiger partial charge in [0.05, 0.1) is 0 Å². The summed E-state index contributed by atoms with van der Waals surface area (Å²) in [5.41, 5.74) is 5.79. The molecule has 20 heavy (non-hydrogen) atoms. The number of hydrogen-bond donors (Lipinski definition) is 2. The molecule has 3 N–H and O–H groups in total. The maximum Gasteiger partial charge on any atom is 0.241 e. The highest BCUT2D eigenvalue weighted by Crippen LogP contribution is 2.08. The van der Waals surface area contributed by atoms with Gasteiger partial charge in [0.2, 0.25) is 11.9 Å². The van der Waals surface area contributed by atoms with Crippen LogP contribution in [-0.2, 0) is 17.8 Å². The molecule has 0 atom stereocenters. The van der Waals surface area contributed by atoms with Gasteiger partial charge in [-0.3, -0.25) is 4.79 Å². The van der Waals surface area contributed by atoms with Crippen molar-refractivity contribution in [2.45, 2.75) is 13.0 Å². The second kappa shape index (κ2) is 6.09. The lowest BCUT2D eigenvalue weighted by molar-refractivity contribution is -0.121. The zero-order valence-electron chi connectivity index (χ0n) is 10.5. The number of benzene rings is 1. The number of halogens is 2. The second-order valence-electron chi connectivity index (χ2n) is 4.18. The van der Waals surface area contributed by atoms with Crippen molar-refractivity contribution in [3.63, 3.8) is 0 Å². The molecule has 0 saturated heterocycles. The average molecular weight is 281 g/mol. The van der Waals surface area contributed by atoms with Gasteiger partial charge in [0.1, 0.15) is 24.5 Å². The van der Waals surface area contributed by atoms with Crippen LogP contribution in [0.4, 0.5) is 14.7 Å². The summed E-state index contributed by atoms with van der Waals surface area (Å²) in [6, 6.07) is 3.26. The molecule has 0 aliphatic rings. The third-order valence-electron chi connectivity index (χ3n) is 2.52. The molecule has 0 bridgehead atoms. The van der Waals surface area contributed by atoms with Crippen LogP contribution in [-0.4, -0.2) is 27.2 Å². The number of aromatic nitrogens is 3. The first-order valence-corrected chi connectivity index (χ1v) is 5.89. The number of nitrogen functional groups attached to an aromatic ring is 1. The van der Waals surface area contributed by atoms with E-state index in [-0.39, 0.29) is 24.9 Å². The lowest BCUT2D eigenvalue weighted by Gasteiger charge is -2.05. The number of hydrogen-bond acceptors (Lipinski definition) is 4. The van der Waals surface area contributed by atoms with Gasteiger partial charge in [0.15, 0.2) is 0 Å². The molecule has 0 aliphatic heterocycles. The number of amides is 1. The first kappa shape index (κ1) is 13.9. The Morgan fingerprint density at radius 2 is 2.00 bits per heavy atom. The van der Waals surface area contributed by atoms with E-state index in [0.29, 0.717) is 12.0 Å². The summed E-state index contributed by atoms with van der Waals surface area (Å²) in [6.07, 6.45) is 1.68. The Kier molecular flexibility index (Phi) is 4.24. The van der Waals surface area contributed by atoms with Crippen LogP contribution in [0.5, 0.6) is 0 Å². The molecule has 1 amide bonds. The lowest BCUT2D eigenvalue weighted by atomic mass is 10.1. The van der Waals surface area contributed by atoms with Gasteiger partial charge in [-0.15, -0.1) is 5.10 Å². The highest BCUT2D eigenvalue weighted by atomic mass is 19.1. The molecule has 1 aromatic carbocycles. The van der Waals surface area contributed by atoms with E-state index >= 15 is 0 Å². The van der Waals surface area contributed by atoms with E-state index < -0.39 is 11.6 Å². The van der Waals surface area contributed by atoms with E-state index in [4.69, 9.17) is 5.73 Å². The van der Waals surface area contributed by atoms with Crippen LogP contribution in [0.15, 0.2) is 24.5 Å². The maximum absolute atomic E-state index is 12.9. The van der Waals surface area contributed by atoms with Crippen molar-refractivity contribution in [3.8, 4) is 0 Å². The van der Waals surface area contributed by atoms with E-state index in [9.17, 15) is 13.6 Å². The summed E-state index contributed by atoms with van der Waals surface area (Å²) in [6.45, 7) is 0.258. The Bertz CT molecular complexity index is 593. The van der Waals surface area contributed by atoms with Crippen LogP contribution in [0.25, 0.3) is 0 Å². The van der Waals surface area contributed by atoms with Crippen LogP contribution in [0.1, 0.15) is 5.56 Å². The lowest BCUT2D eigenvalue weighted by Crippen LogP contribution is -2.29. The summed E-state index contributed by atoms with van der Waals surface area (Å²) < 4.78 is 27.2. The summed E-state index contributed by atoms with van der Waals surface area (Å²) in [4.78, 5) is 15.2. The summed E-state index contributed by atoms with van der Waals surface area (Å²) in [5, 5.41) is 6.38.